The Hall–Kier alpha value is -3.51. The molecule has 1 aromatic heterocycles. The molecule has 1 amide bonds. The lowest BCUT2D eigenvalue weighted by molar-refractivity contribution is -0.140. The second kappa shape index (κ2) is 9.32. The predicted octanol–water partition coefficient (Wildman–Crippen LogP) is 4.47. The van der Waals surface area contributed by atoms with Gasteiger partial charge in [0.1, 0.15) is 5.76 Å². The number of ketones is 1. The van der Waals surface area contributed by atoms with E-state index in [9.17, 15) is 14.7 Å². The SMILES string of the molecule is CC(C)OCCCN1C(=O)C(=O)/C(=C(\O)c2ccc3ccccc3c2)C1c1ccncc1. The molecule has 2 aromatic carbocycles. The topological polar surface area (TPSA) is 79.7 Å². The zero-order valence-electron chi connectivity index (χ0n) is 18.2. The summed E-state index contributed by atoms with van der Waals surface area (Å²) in [6.45, 7) is 4.73. The third kappa shape index (κ3) is 4.27. The fraction of sp³-hybridized carbons (Fsp3) is 0.269. The highest BCUT2D eigenvalue weighted by atomic mass is 16.5. The molecular weight excluding hydrogens is 404 g/mol. The van der Waals surface area contributed by atoms with Crippen LogP contribution in [0.2, 0.25) is 0 Å². The van der Waals surface area contributed by atoms with E-state index in [4.69, 9.17) is 4.74 Å². The van der Waals surface area contributed by atoms with Gasteiger partial charge in [-0.05, 0) is 54.8 Å². The molecule has 1 atom stereocenters. The van der Waals surface area contributed by atoms with E-state index in [0.29, 0.717) is 25.1 Å². The van der Waals surface area contributed by atoms with E-state index >= 15 is 0 Å². The number of likely N-dealkylation sites (tertiary alicyclic amines) is 1. The van der Waals surface area contributed by atoms with Crippen LogP contribution in [0.1, 0.15) is 37.4 Å². The highest BCUT2D eigenvalue weighted by Crippen LogP contribution is 2.39. The first-order valence-electron chi connectivity index (χ1n) is 10.8. The van der Waals surface area contributed by atoms with Crippen LogP contribution >= 0.6 is 0 Å². The van der Waals surface area contributed by atoms with Crippen molar-refractivity contribution in [2.24, 2.45) is 0 Å². The minimum Gasteiger partial charge on any atom is -0.507 e. The van der Waals surface area contributed by atoms with E-state index < -0.39 is 17.7 Å². The van der Waals surface area contributed by atoms with Gasteiger partial charge in [-0.1, -0.05) is 36.4 Å². The molecule has 0 bridgehead atoms. The van der Waals surface area contributed by atoms with Gasteiger partial charge in [0.15, 0.2) is 0 Å². The number of rotatable bonds is 7. The fourth-order valence-electron chi connectivity index (χ4n) is 4.05. The van der Waals surface area contributed by atoms with Crippen molar-refractivity contribution in [1.82, 2.24) is 9.88 Å². The van der Waals surface area contributed by atoms with Crippen LogP contribution in [0, 0.1) is 0 Å². The third-order valence-corrected chi connectivity index (χ3v) is 5.58. The number of ether oxygens (including phenoxy) is 1. The molecule has 6 nitrogen and oxygen atoms in total. The van der Waals surface area contributed by atoms with Gasteiger partial charge in [-0.2, -0.15) is 0 Å². The second-order valence-electron chi connectivity index (χ2n) is 8.11. The molecule has 3 aromatic rings. The molecule has 0 spiro atoms. The van der Waals surface area contributed by atoms with E-state index in [-0.39, 0.29) is 17.4 Å². The van der Waals surface area contributed by atoms with Crippen LogP contribution in [-0.4, -0.2) is 45.9 Å². The Morgan fingerprint density at radius 2 is 1.78 bits per heavy atom. The number of hydrogen-bond donors (Lipinski definition) is 1. The summed E-state index contributed by atoms with van der Waals surface area (Å²) in [5, 5.41) is 13.2. The lowest BCUT2D eigenvalue weighted by Crippen LogP contribution is -2.31. The van der Waals surface area contributed by atoms with Crippen LogP contribution in [0.3, 0.4) is 0 Å². The van der Waals surface area contributed by atoms with Crippen molar-refractivity contribution in [1.29, 1.82) is 0 Å². The van der Waals surface area contributed by atoms with Crippen LogP contribution in [0.4, 0.5) is 0 Å². The van der Waals surface area contributed by atoms with Crippen LogP contribution in [0.5, 0.6) is 0 Å². The lowest BCUT2D eigenvalue weighted by atomic mass is 9.95. The molecule has 2 heterocycles. The van der Waals surface area contributed by atoms with Crippen molar-refractivity contribution in [3.8, 4) is 0 Å². The summed E-state index contributed by atoms with van der Waals surface area (Å²) in [5.74, 6) is -1.46. The zero-order chi connectivity index (χ0) is 22.7. The van der Waals surface area contributed by atoms with Gasteiger partial charge < -0.3 is 14.7 Å². The summed E-state index contributed by atoms with van der Waals surface area (Å²) in [4.78, 5) is 31.6. The van der Waals surface area contributed by atoms with Gasteiger partial charge >= 0.3 is 0 Å². The normalized spacial score (nSPS) is 18.1. The smallest absolute Gasteiger partial charge is 0.295 e. The van der Waals surface area contributed by atoms with E-state index in [1.54, 1.807) is 30.6 Å². The molecular formula is C26H26N2O4. The molecule has 1 unspecified atom stereocenters. The highest BCUT2D eigenvalue weighted by molar-refractivity contribution is 6.46. The second-order valence-corrected chi connectivity index (χ2v) is 8.11. The maximum atomic E-state index is 13.1. The van der Waals surface area contributed by atoms with Gasteiger partial charge in [-0.3, -0.25) is 14.6 Å². The third-order valence-electron chi connectivity index (χ3n) is 5.58. The largest absolute Gasteiger partial charge is 0.507 e. The van der Waals surface area contributed by atoms with Gasteiger partial charge in [-0.15, -0.1) is 0 Å². The van der Waals surface area contributed by atoms with Gasteiger partial charge in [0.2, 0.25) is 0 Å². The molecule has 32 heavy (non-hydrogen) atoms. The number of carbonyl (C=O) groups excluding carboxylic acids is 2. The maximum Gasteiger partial charge on any atom is 0.295 e. The van der Waals surface area contributed by atoms with E-state index in [2.05, 4.69) is 4.98 Å². The molecule has 1 aliphatic rings. The predicted molar refractivity (Wildman–Crippen MR) is 123 cm³/mol. The van der Waals surface area contributed by atoms with Crippen LogP contribution < -0.4 is 0 Å². The van der Waals surface area contributed by atoms with Crippen molar-refractivity contribution >= 4 is 28.2 Å². The molecule has 1 aliphatic heterocycles. The average molecular weight is 431 g/mol. The fourth-order valence-corrected chi connectivity index (χ4v) is 4.05. The van der Waals surface area contributed by atoms with Crippen molar-refractivity contribution in [2.75, 3.05) is 13.2 Å². The Balaban J connectivity index is 1.75. The minimum absolute atomic E-state index is 0.0920. The number of fused-ring (bicyclic) bond motifs is 1. The molecule has 164 valence electrons. The number of benzene rings is 2. The highest BCUT2D eigenvalue weighted by Gasteiger charge is 2.45. The monoisotopic (exact) mass is 430 g/mol. The average Bonchev–Trinajstić information content (AvgIpc) is 3.06. The first-order chi connectivity index (χ1) is 15.5. The molecule has 6 heteroatoms. The summed E-state index contributed by atoms with van der Waals surface area (Å²) in [6.07, 6.45) is 3.91. The number of hydrogen-bond acceptors (Lipinski definition) is 5. The number of pyridine rings is 1. The zero-order valence-corrected chi connectivity index (χ0v) is 18.2. The van der Waals surface area contributed by atoms with E-state index in [1.807, 2.05) is 50.2 Å². The van der Waals surface area contributed by atoms with Gasteiger partial charge in [0.25, 0.3) is 11.7 Å². The van der Waals surface area contributed by atoms with E-state index in [0.717, 1.165) is 16.3 Å². The first-order valence-corrected chi connectivity index (χ1v) is 10.8. The number of Topliss-reactive ketones (excluding diaryl/α,β-unsaturated/α-hetero) is 1. The van der Waals surface area contributed by atoms with Crippen molar-refractivity contribution in [2.45, 2.75) is 32.4 Å². The number of aliphatic hydroxyl groups is 1. The number of nitrogens with zero attached hydrogens (tertiary/aromatic N) is 2. The molecule has 1 saturated heterocycles. The summed E-state index contributed by atoms with van der Waals surface area (Å²) in [6, 6.07) is 16.1. The van der Waals surface area contributed by atoms with E-state index in [1.165, 1.54) is 4.90 Å². The number of aromatic nitrogens is 1. The Morgan fingerprint density at radius 1 is 1.06 bits per heavy atom. The van der Waals surface area contributed by atoms with Crippen molar-refractivity contribution < 1.29 is 19.4 Å². The van der Waals surface area contributed by atoms with Crippen LogP contribution in [0.25, 0.3) is 16.5 Å². The maximum absolute atomic E-state index is 13.1. The summed E-state index contributed by atoms with van der Waals surface area (Å²) < 4.78 is 5.59. The van der Waals surface area contributed by atoms with Gasteiger partial charge in [-0.25, -0.2) is 0 Å². The lowest BCUT2D eigenvalue weighted by Gasteiger charge is -2.25. The quantitative estimate of drug-likeness (QED) is 0.259. The van der Waals surface area contributed by atoms with Crippen molar-refractivity contribution in [3.63, 3.8) is 0 Å². The molecule has 1 fully saturated rings. The summed E-state index contributed by atoms with van der Waals surface area (Å²) in [5.41, 5.74) is 1.33. The van der Waals surface area contributed by atoms with Crippen LogP contribution in [-0.2, 0) is 14.3 Å². The number of carbonyl (C=O) groups is 2. The Bertz CT molecular complexity index is 1170. The summed E-state index contributed by atoms with van der Waals surface area (Å²) in [7, 11) is 0. The minimum atomic E-state index is -0.678. The Morgan fingerprint density at radius 3 is 2.50 bits per heavy atom. The first kappa shape index (κ1) is 21.7. The Labute approximate surface area is 187 Å². The number of aliphatic hydroxyl groups excluding tert-OH is 1. The van der Waals surface area contributed by atoms with Crippen LogP contribution in [0.15, 0.2) is 72.6 Å². The van der Waals surface area contributed by atoms with Gasteiger partial charge in [0, 0.05) is 31.1 Å². The molecule has 1 N–H and O–H groups in total. The standard InChI is InChI=1S/C26H26N2O4/c1-17(2)32-15-5-14-28-23(19-10-12-27-13-11-19)22(25(30)26(28)31)24(29)21-9-8-18-6-3-4-7-20(18)16-21/h3-4,6-13,16-17,23,29H,5,14-15H2,1-2H3/b24-22-. The summed E-state index contributed by atoms with van der Waals surface area (Å²) >= 11 is 0. The Kier molecular flexibility index (Phi) is 6.32. The molecule has 0 aliphatic carbocycles. The molecule has 0 saturated carbocycles. The van der Waals surface area contributed by atoms with Gasteiger partial charge in [0.05, 0.1) is 17.7 Å². The van der Waals surface area contributed by atoms with Crippen molar-refractivity contribution in [3.05, 3.63) is 83.7 Å². The molecule has 4 rings (SSSR count). The number of amides is 1. The molecule has 0 radical (unpaired) electrons.